The molecule has 1 aliphatic heterocycles. The summed E-state index contributed by atoms with van der Waals surface area (Å²) in [5.41, 5.74) is 46.6. The number of anilines is 6. The molecule has 0 N–H and O–H groups in total. The van der Waals surface area contributed by atoms with Gasteiger partial charge in [0.25, 0.3) is 0 Å². The van der Waals surface area contributed by atoms with Crippen LogP contribution in [0.1, 0.15) is 465 Å². The predicted octanol–water partition coefficient (Wildman–Crippen LogP) is 37.9. The fraction of sp³-hybridized carbons (Fsp3) is 0.571. The molecule has 8 heteroatoms. The maximum absolute atomic E-state index is 5.72. The van der Waals surface area contributed by atoms with Crippen molar-refractivity contribution in [1.82, 2.24) is 8.75 Å². The summed E-state index contributed by atoms with van der Waals surface area (Å²) in [6.07, 6.45) is 27.4. The molecule has 134 heavy (non-hydrogen) atoms. The number of nitrogens with zero attached hydrogens (tertiary/aromatic N) is 6. The molecule has 0 saturated heterocycles. The highest BCUT2D eigenvalue weighted by molar-refractivity contribution is 7.58. The molecule has 0 spiro atoms. The van der Waals surface area contributed by atoms with E-state index in [9.17, 15) is 0 Å². The maximum atomic E-state index is 5.72. The first-order valence-corrected chi connectivity index (χ1v) is 55.1. The number of fused-ring (bicyclic) bond motifs is 10. The normalized spacial score (nSPS) is 21.6. The zero-order valence-corrected chi connectivity index (χ0v) is 90.7. The Balaban J connectivity index is 0.868. The number of hydrogen-bond acceptors (Lipinski definition) is 7. The summed E-state index contributed by atoms with van der Waals surface area (Å²) < 4.78 is 22.9. The van der Waals surface area contributed by atoms with Gasteiger partial charge in [-0.1, -0.05) is 294 Å². The lowest BCUT2D eigenvalue weighted by Gasteiger charge is -2.33. The molecule has 0 amide bonds. The average Bonchev–Trinajstić information content (AvgIpc) is 1.53. The summed E-state index contributed by atoms with van der Waals surface area (Å²) in [5.74, 6) is 0. The first-order chi connectivity index (χ1) is 63.3. The smallest absolute Gasteiger partial charge is 0.133 e. The monoisotopic (exact) mass is 1830 g/mol. The number of aromatic nitrogens is 2. The third kappa shape index (κ3) is 13.0. The van der Waals surface area contributed by atoms with Crippen molar-refractivity contribution in [3.63, 3.8) is 0 Å². The highest BCUT2D eigenvalue weighted by Gasteiger charge is 2.60. The van der Waals surface area contributed by atoms with Crippen LogP contribution in [-0.2, 0) is 98.0 Å². The standard InChI is InChI=1S/C126H164N6S2/c1-33-119(34-2)69-111(17,18)97-85(119)65-86-98(112(19,20)70-120(86,35-3)36-4)93(97)77-49-57-81(58-50-77)131(82-59-51-78(52-60-82)94-99-87(121(37-5,38-6)71-113(99,21)22)66-88-100(94)114(23,24)72-122(88,39-7)40-8)109-105-107(129-133-127-105)110(108-106(109)128-134-130-108)132(83-61-53-79(54-62-83)95-101-89(123(41-9,42-10)73-115(101,25)26)67-90-102(95)116(27,28)74-124(90,43-11)44-12)84-63-55-80(56-64-84)96-103-91(125(45-13,46-14)75-117(103,29)30)68-92-104(96)118(31,32)76-126(92,47-15)48-16/h49-68H,33-48,69-76H2,1-32H3. The maximum Gasteiger partial charge on any atom is 0.133 e. The van der Waals surface area contributed by atoms with Crippen LogP contribution in [0.15, 0.2) is 130 Å². The first-order valence-electron chi connectivity index (χ1n) is 53.7. The lowest BCUT2D eigenvalue weighted by Crippen LogP contribution is -2.26. The molecule has 710 valence electrons. The fourth-order valence-electron chi connectivity index (χ4n) is 33.7. The van der Waals surface area contributed by atoms with E-state index in [1.807, 2.05) is 0 Å². The zero-order chi connectivity index (χ0) is 96.1. The van der Waals surface area contributed by atoms with Crippen molar-refractivity contribution in [2.75, 3.05) is 9.80 Å². The quantitative estimate of drug-likeness (QED) is 0.0507. The SMILES string of the molecule is CCC1(CC)CC(C)(C)c2c1cc1c(c2-c2ccc(N(c3ccc(-c4c5c(cc6c4C(C)(C)CC6(CC)CC)C(CC)(CC)CC5(C)C)cc3)c3c4c(c(N(c5ccc(-c6c7c(cc8c6C(C)(C)CC8(CC)CC)C(CC)(CC)CC7(C)C)cc5)c5ccc(-c6c7c(cc8c6C(C)(C)CC8(CC)CC)C(CC)(CC)CC7(C)C)cc5)c5nsnc35)N=S=N4)cc2)C(C)(C)CC1(CC)CC. The molecule has 0 bridgehead atoms. The molecule has 0 atom stereocenters. The molecule has 19 rings (SSSR count). The minimum absolute atomic E-state index is 0.0378. The second kappa shape index (κ2) is 31.9. The van der Waals surface area contributed by atoms with Gasteiger partial charge in [0.2, 0.25) is 0 Å². The van der Waals surface area contributed by atoms with Gasteiger partial charge in [0.15, 0.2) is 0 Å². The average molecular weight is 1830 g/mol. The van der Waals surface area contributed by atoms with Crippen molar-refractivity contribution >= 4 is 79.6 Å². The molecular formula is C126H164N6S2. The second-order valence-corrected chi connectivity index (χ2v) is 51.3. The molecule has 2 heterocycles. The Bertz CT molecular complexity index is 5490. The van der Waals surface area contributed by atoms with Crippen LogP contribution in [0, 0.1) is 0 Å². The van der Waals surface area contributed by atoms with E-state index in [1.165, 1.54) is 67.6 Å². The largest absolute Gasteiger partial charge is 0.306 e. The van der Waals surface area contributed by atoms with Crippen LogP contribution in [-0.4, -0.2) is 8.75 Å². The lowest BCUT2D eigenvalue weighted by atomic mass is 9.72. The second-order valence-electron chi connectivity index (χ2n) is 50.2. The first kappa shape index (κ1) is 95.2. The molecule has 0 saturated carbocycles. The lowest BCUT2D eigenvalue weighted by molar-refractivity contribution is 0.322. The van der Waals surface area contributed by atoms with Crippen molar-refractivity contribution in [3.8, 4) is 44.5 Å². The van der Waals surface area contributed by atoms with Crippen molar-refractivity contribution in [1.29, 1.82) is 0 Å². The highest BCUT2D eigenvalue weighted by atomic mass is 32.1. The summed E-state index contributed by atoms with van der Waals surface area (Å²) in [6, 6.07) is 51.1. The van der Waals surface area contributed by atoms with Gasteiger partial charge in [-0.3, -0.25) is 0 Å². The molecule has 0 radical (unpaired) electrons. The van der Waals surface area contributed by atoms with Crippen LogP contribution in [0.25, 0.3) is 55.5 Å². The van der Waals surface area contributed by atoms with E-state index in [0.29, 0.717) is 0 Å². The Kier molecular flexibility index (Phi) is 22.6. The van der Waals surface area contributed by atoms with E-state index >= 15 is 0 Å². The van der Waals surface area contributed by atoms with E-state index in [1.54, 1.807) is 89.0 Å². The van der Waals surface area contributed by atoms with Gasteiger partial charge in [0.05, 0.1) is 23.1 Å². The van der Waals surface area contributed by atoms with E-state index < -0.39 is 0 Å². The van der Waals surface area contributed by atoms with Gasteiger partial charge in [0.1, 0.15) is 33.8 Å². The summed E-state index contributed by atoms with van der Waals surface area (Å²) in [6.45, 7) is 80.7. The van der Waals surface area contributed by atoms with Gasteiger partial charge >= 0.3 is 0 Å². The van der Waals surface area contributed by atoms with Gasteiger partial charge < -0.3 is 9.80 Å². The molecule has 8 aliphatic carbocycles. The number of benzene rings is 9. The Morgan fingerprint density at radius 1 is 0.224 bits per heavy atom. The summed E-state index contributed by atoms with van der Waals surface area (Å²) in [5, 5.41) is 0. The minimum atomic E-state index is -0.0378. The third-order valence-electron chi connectivity index (χ3n) is 40.3. The van der Waals surface area contributed by atoms with E-state index in [-0.39, 0.29) is 86.6 Å². The summed E-state index contributed by atoms with van der Waals surface area (Å²) in [4.78, 5) is 5.07. The van der Waals surface area contributed by atoms with E-state index in [0.717, 1.165) is 211 Å². The van der Waals surface area contributed by atoms with Gasteiger partial charge in [-0.05, 0) is 423 Å². The van der Waals surface area contributed by atoms with Gasteiger partial charge in [-0.15, -0.1) is 0 Å². The van der Waals surface area contributed by atoms with Crippen LogP contribution in [0.2, 0.25) is 0 Å². The van der Waals surface area contributed by atoms with Crippen molar-refractivity contribution in [2.45, 2.75) is 462 Å². The van der Waals surface area contributed by atoms with Crippen molar-refractivity contribution in [2.24, 2.45) is 8.73 Å². The number of rotatable bonds is 26. The van der Waals surface area contributed by atoms with Crippen LogP contribution >= 0.6 is 11.7 Å². The minimum Gasteiger partial charge on any atom is -0.306 e. The Labute approximate surface area is 818 Å². The van der Waals surface area contributed by atoms with Gasteiger partial charge in [-0.2, -0.15) is 17.5 Å². The van der Waals surface area contributed by atoms with Gasteiger partial charge in [-0.25, -0.2) is 0 Å². The third-order valence-corrected chi connectivity index (χ3v) is 41.4. The van der Waals surface area contributed by atoms with Crippen LogP contribution in [0.5, 0.6) is 0 Å². The predicted molar refractivity (Wildman–Crippen MR) is 579 cm³/mol. The Morgan fingerprint density at radius 2 is 0.373 bits per heavy atom. The molecular weight excluding hydrogens is 1660 g/mol. The Hall–Kier alpha value is -7.78. The summed E-state index contributed by atoms with van der Waals surface area (Å²) in [7, 11) is 0. The molecule has 6 nitrogen and oxygen atoms in total. The highest BCUT2D eigenvalue weighted by Crippen LogP contribution is 2.71. The van der Waals surface area contributed by atoms with E-state index in [4.69, 9.17) is 17.5 Å². The summed E-state index contributed by atoms with van der Waals surface area (Å²) >= 11 is 2.64. The fourth-order valence-corrected chi connectivity index (χ4v) is 34.8. The topological polar surface area (TPSA) is 57.0 Å². The van der Waals surface area contributed by atoms with Crippen LogP contribution < -0.4 is 9.80 Å². The molecule has 0 fully saturated rings. The molecule has 1 aromatic heterocycles. The van der Waals surface area contributed by atoms with Crippen LogP contribution in [0.4, 0.5) is 45.5 Å². The molecule has 9 aliphatic rings. The number of hydrogen-bond donors (Lipinski definition) is 0. The zero-order valence-electron chi connectivity index (χ0n) is 89.0. The van der Waals surface area contributed by atoms with Crippen LogP contribution in [0.3, 0.4) is 0 Å². The van der Waals surface area contributed by atoms with Crippen molar-refractivity contribution in [3.05, 3.63) is 210 Å². The Morgan fingerprint density at radius 3 is 0.515 bits per heavy atom. The van der Waals surface area contributed by atoms with E-state index in [2.05, 4.69) is 353 Å². The molecule has 0 unspecified atom stereocenters. The van der Waals surface area contributed by atoms with Gasteiger partial charge in [0, 0.05) is 22.7 Å². The van der Waals surface area contributed by atoms with Crippen molar-refractivity contribution < 1.29 is 0 Å². The molecule has 9 aromatic carbocycles. The molecule has 10 aromatic rings.